The first-order valence-electron chi connectivity index (χ1n) is 9.28. The van der Waals surface area contributed by atoms with Crippen LogP contribution < -0.4 is 10.6 Å². The average molecular weight is 435 g/mol. The van der Waals surface area contributed by atoms with Gasteiger partial charge in [0.25, 0.3) is 0 Å². The molecule has 2 atom stereocenters. The molecule has 0 spiro atoms. The summed E-state index contributed by atoms with van der Waals surface area (Å²) < 4.78 is 0. The minimum Gasteiger partial charge on any atom is -0.356 e. The van der Waals surface area contributed by atoms with Crippen molar-refractivity contribution < 1.29 is 9.59 Å². The summed E-state index contributed by atoms with van der Waals surface area (Å²) in [6.45, 7) is 5.63. The van der Waals surface area contributed by atoms with Crippen LogP contribution in [0.15, 0.2) is 12.1 Å². The van der Waals surface area contributed by atoms with Gasteiger partial charge in [0.1, 0.15) is 0 Å². The molecule has 2 unspecified atom stereocenters. The Balaban J connectivity index is 1.93. The Morgan fingerprint density at radius 1 is 1.15 bits per heavy atom. The van der Waals surface area contributed by atoms with Gasteiger partial charge >= 0.3 is 0 Å². The lowest BCUT2D eigenvalue weighted by Gasteiger charge is -2.36. The van der Waals surface area contributed by atoms with E-state index in [9.17, 15) is 9.59 Å². The summed E-state index contributed by atoms with van der Waals surface area (Å²) in [7, 11) is 0. The Kier molecular flexibility index (Phi) is 8.67. The first-order chi connectivity index (χ1) is 12.8. The second-order valence-electron chi connectivity index (χ2n) is 6.99. The average Bonchev–Trinajstić information content (AvgIpc) is 2.61. The molecule has 8 heteroatoms. The van der Waals surface area contributed by atoms with Crippen LogP contribution in [0.25, 0.3) is 0 Å². The molecule has 2 amide bonds. The van der Waals surface area contributed by atoms with Crippen LogP contribution in [0.4, 0.5) is 5.69 Å². The van der Waals surface area contributed by atoms with Gasteiger partial charge in [-0.15, -0.1) is 0 Å². The monoisotopic (exact) mass is 433 g/mol. The van der Waals surface area contributed by atoms with E-state index < -0.39 is 0 Å². The number of hydrogen-bond acceptors (Lipinski definition) is 3. The zero-order valence-corrected chi connectivity index (χ0v) is 17.9. The largest absolute Gasteiger partial charge is 0.356 e. The lowest BCUT2D eigenvalue weighted by Crippen LogP contribution is -2.49. The Morgan fingerprint density at radius 3 is 2.56 bits per heavy atom. The number of piperidine rings is 1. The zero-order valence-electron chi connectivity index (χ0n) is 15.7. The van der Waals surface area contributed by atoms with Gasteiger partial charge in [-0.1, -0.05) is 48.1 Å². The number of likely N-dealkylation sites (tertiary alicyclic amines) is 1. The lowest BCUT2D eigenvalue weighted by molar-refractivity contribution is -0.128. The molecule has 0 aromatic heterocycles. The third-order valence-electron chi connectivity index (χ3n) is 4.84. The van der Waals surface area contributed by atoms with Crippen LogP contribution in [-0.4, -0.2) is 42.4 Å². The highest BCUT2D eigenvalue weighted by atomic mass is 35.5. The van der Waals surface area contributed by atoms with Gasteiger partial charge in [0, 0.05) is 19.1 Å². The number of nitrogens with one attached hydrogen (secondary N) is 2. The van der Waals surface area contributed by atoms with Gasteiger partial charge in [-0.2, -0.15) is 0 Å². The standard InChI is InChI=1S/C19H26Cl3N3O2/c1-3-4-7-23-19(27)13-6-5-12(2)25(10-13)11-18(26)24-17-9-15(21)14(20)8-16(17)22/h8-9,12-13H,3-7,10-11H2,1-2H3,(H,23,27)(H,24,26). The number of unbranched alkanes of at least 4 members (excludes halogenated alkanes) is 1. The number of carbonyl (C=O) groups excluding carboxylic acids is 2. The van der Waals surface area contributed by atoms with E-state index >= 15 is 0 Å². The highest BCUT2D eigenvalue weighted by Crippen LogP contribution is 2.32. The Morgan fingerprint density at radius 2 is 1.85 bits per heavy atom. The van der Waals surface area contributed by atoms with E-state index in [1.54, 1.807) is 0 Å². The minimum absolute atomic E-state index is 0.0771. The summed E-state index contributed by atoms with van der Waals surface area (Å²) in [6, 6.07) is 3.27. The molecule has 1 aliphatic heterocycles. The first-order valence-corrected chi connectivity index (χ1v) is 10.4. The van der Waals surface area contributed by atoms with Crippen LogP contribution in [0.3, 0.4) is 0 Å². The normalized spacial score (nSPS) is 20.3. The maximum Gasteiger partial charge on any atom is 0.238 e. The molecular formula is C19H26Cl3N3O2. The second-order valence-corrected chi connectivity index (χ2v) is 8.21. The topological polar surface area (TPSA) is 61.4 Å². The van der Waals surface area contributed by atoms with Crippen molar-refractivity contribution in [3.8, 4) is 0 Å². The molecule has 1 heterocycles. The second kappa shape index (κ2) is 10.5. The van der Waals surface area contributed by atoms with Crippen LogP contribution in [-0.2, 0) is 9.59 Å². The van der Waals surface area contributed by atoms with Gasteiger partial charge < -0.3 is 10.6 Å². The van der Waals surface area contributed by atoms with Crippen molar-refractivity contribution in [2.45, 2.75) is 45.6 Å². The van der Waals surface area contributed by atoms with E-state index in [0.717, 1.165) is 25.7 Å². The molecule has 150 valence electrons. The van der Waals surface area contributed by atoms with Gasteiger partial charge in [-0.25, -0.2) is 0 Å². The predicted octanol–water partition coefficient (Wildman–Crippen LogP) is 4.60. The first kappa shape index (κ1) is 22.3. The molecule has 1 aliphatic rings. The summed E-state index contributed by atoms with van der Waals surface area (Å²) in [6.07, 6.45) is 3.75. The van der Waals surface area contributed by atoms with Crippen LogP contribution in [0.1, 0.15) is 39.5 Å². The highest BCUT2D eigenvalue weighted by molar-refractivity contribution is 6.44. The van der Waals surface area contributed by atoms with Gasteiger partial charge in [-0.3, -0.25) is 14.5 Å². The van der Waals surface area contributed by atoms with Gasteiger partial charge in [0.05, 0.1) is 33.2 Å². The number of nitrogens with zero attached hydrogens (tertiary/aromatic N) is 1. The van der Waals surface area contributed by atoms with Gasteiger partial charge in [0.15, 0.2) is 0 Å². The molecule has 1 fully saturated rings. The number of rotatable bonds is 7. The number of anilines is 1. The van der Waals surface area contributed by atoms with E-state index in [2.05, 4.69) is 24.5 Å². The molecular weight excluding hydrogens is 409 g/mol. The van der Waals surface area contributed by atoms with Crippen molar-refractivity contribution in [2.24, 2.45) is 5.92 Å². The van der Waals surface area contributed by atoms with E-state index in [4.69, 9.17) is 34.8 Å². The van der Waals surface area contributed by atoms with Crippen LogP contribution in [0.5, 0.6) is 0 Å². The van der Waals surface area contributed by atoms with Crippen LogP contribution in [0.2, 0.25) is 15.1 Å². The van der Waals surface area contributed by atoms with E-state index in [-0.39, 0.29) is 30.3 Å². The quantitative estimate of drug-likeness (QED) is 0.487. The molecule has 1 aromatic carbocycles. The minimum atomic E-state index is -0.200. The number of hydrogen-bond donors (Lipinski definition) is 2. The van der Waals surface area contributed by atoms with Crippen molar-refractivity contribution in [2.75, 3.05) is 25.0 Å². The molecule has 0 aliphatic carbocycles. The fourth-order valence-electron chi connectivity index (χ4n) is 3.14. The molecule has 2 N–H and O–H groups in total. The fourth-order valence-corrected chi connectivity index (χ4v) is 3.73. The molecule has 1 aromatic rings. The van der Waals surface area contributed by atoms with E-state index in [1.807, 2.05) is 4.90 Å². The van der Waals surface area contributed by atoms with Crippen molar-refractivity contribution >= 4 is 52.3 Å². The maximum atomic E-state index is 12.5. The Bertz CT molecular complexity index is 684. The lowest BCUT2D eigenvalue weighted by atomic mass is 9.92. The van der Waals surface area contributed by atoms with E-state index in [1.165, 1.54) is 12.1 Å². The molecule has 1 saturated heterocycles. The number of halogens is 3. The molecule has 0 saturated carbocycles. The van der Waals surface area contributed by atoms with Gasteiger partial charge in [-0.05, 0) is 38.3 Å². The number of benzene rings is 1. The number of carbonyl (C=O) groups is 2. The molecule has 0 bridgehead atoms. The smallest absolute Gasteiger partial charge is 0.238 e. The third kappa shape index (κ3) is 6.53. The molecule has 27 heavy (non-hydrogen) atoms. The molecule has 2 rings (SSSR count). The van der Waals surface area contributed by atoms with Crippen LogP contribution in [0, 0.1) is 5.92 Å². The summed E-state index contributed by atoms with van der Waals surface area (Å²) >= 11 is 18.0. The number of amides is 2. The van der Waals surface area contributed by atoms with Crippen LogP contribution >= 0.6 is 34.8 Å². The highest BCUT2D eigenvalue weighted by Gasteiger charge is 2.30. The molecule has 5 nitrogen and oxygen atoms in total. The summed E-state index contributed by atoms with van der Waals surface area (Å²) in [5.41, 5.74) is 0.426. The third-order valence-corrected chi connectivity index (χ3v) is 5.88. The summed E-state index contributed by atoms with van der Waals surface area (Å²) in [4.78, 5) is 26.8. The summed E-state index contributed by atoms with van der Waals surface area (Å²) in [5, 5.41) is 6.76. The molecule has 0 radical (unpaired) electrons. The van der Waals surface area contributed by atoms with Crippen molar-refractivity contribution in [1.29, 1.82) is 0 Å². The fraction of sp³-hybridized carbons (Fsp3) is 0.579. The maximum absolute atomic E-state index is 12.5. The zero-order chi connectivity index (χ0) is 20.0. The Hall–Kier alpha value is -1.01. The van der Waals surface area contributed by atoms with Gasteiger partial charge in [0.2, 0.25) is 11.8 Å². The van der Waals surface area contributed by atoms with E-state index in [0.29, 0.717) is 33.8 Å². The van der Waals surface area contributed by atoms with Crippen molar-refractivity contribution in [1.82, 2.24) is 10.2 Å². The predicted molar refractivity (Wildman–Crippen MR) is 112 cm³/mol. The van der Waals surface area contributed by atoms with Crippen molar-refractivity contribution in [3.05, 3.63) is 27.2 Å². The Labute approximate surface area is 175 Å². The summed E-state index contributed by atoms with van der Waals surface area (Å²) in [5.74, 6) is -0.207. The SMILES string of the molecule is CCCCNC(=O)C1CCC(C)N(CC(=O)Nc2cc(Cl)c(Cl)cc2Cl)C1. The van der Waals surface area contributed by atoms with Crippen molar-refractivity contribution in [3.63, 3.8) is 0 Å².